The molecule has 2 nitrogen and oxygen atoms in total. The second kappa shape index (κ2) is 6.11. The molecule has 5 heteroatoms. The first-order valence-electron chi connectivity index (χ1n) is 5.14. The smallest absolute Gasteiger partial charge is 0.0508 e. The van der Waals surface area contributed by atoms with Crippen molar-refractivity contribution in [3.8, 4) is 0 Å². The predicted molar refractivity (Wildman–Crippen MR) is 79.9 cm³/mol. The Labute approximate surface area is 121 Å². The number of hydrazine groups is 1. The monoisotopic (exact) mass is 374 g/mol. The molecule has 0 aliphatic carbocycles. The van der Waals surface area contributed by atoms with Crippen LogP contribution in [0, 0.1) is 0 Å². The summed E-state index contributed by atoms with van der Waals surface area (Å²) in [4.78, 5) is 1.30. The van der Waals surface area contributed by atoms with Crippen molar-refractivity contribution in [2.24, 2.45) is 5.84 Å². The highest BCUT2D eigenvalue weighted by atomic mass is 79.9. The van der Waals surface area contributed by atoms with E-state index in [4.69, 9.17) is 5.84 Å². The van der Waals surface area contributed by atoms with Gasteiger partial charge in [0.25, 0.3) is 0 Å². The molecule has 1 aromatic heterocycles. The molecular weight excluding hydrogens is 364 g/mol. The fourth-order valence-corrected chi connectivity index (χ4v) is 3.45. The summed E-state index contributed by atoms with van der Waals surface area (Å²) in [5.74, 6) is 5.64. The number of hydrogen-bond donors (Lipinski definition) is 2. The third kappa shape index (κ3) is 3.39. The molecule has 0 radical (unpaired) electrons. The van der Waals surface area contributed by atoms with Gasteiger partial charge in [0.15, 0.2) is 0 Å². The average Bonchev–Trinajstić information content (AvgIpc) is 2.73. The number of halogens is 2. The van der Waals surface area contributed by atoms with Crippen molar-refractivity contribution in [1.82, 2.24) is 5.43 Å². The number of thiophene rings is 1. The zero-order valence-corrected chi connectivity index (χ0v) is 13.0. The van der Waals surface area contributed by atoms with E-state index in [-0.39, 0.29) is 6.04 Å². The molecule has 0 aliphatic heterocycles. The van der Waals surface area contributed by atoms with Gasteiger partial charge in [0, 0.05) is 20.2 Å². The van der Waals surface area contributed by atoms with Gasteiger partial charge in [-0.25, -0.2) is 0 Å². The normalized spacial score (nSPS) is 12.6. The molecular formula is C12H12Br2N2S. The highest BCUT2D eigenvalue weighted by Gasteiger charge is 2.13. The van der Waals surface area contributed by atoms with Crippen LogP contribution in [0.15, 0.2) is 44.7 Å². The Morgan fingerprint density at radius 1 is 1.18 bits per heavy atom. The van der Waals surface area contributed by atoms with E-state index in [1.165, 1.54) is 10.4 Å². The van der Waals surface area contributed by atoms with Gasteiger partial charge in [-0.1, -0.05) is 28.1 Å². The minimum Gasteiger partial charge on any atom is -0.271 e. The molecule has 0 saturated heterocycles. The van der Waals surface area contributed by atoms with Crippen LogP contribution in [0.2, 0.25) is 0 Å². The Bertz CT molecular complexity index is 482. The average molecular weight is 376 g/mol. The molecule has 90 valence electrons. The first kappa shape index (κ1) is 13.2. The summed E-state index contributed by atoms with van der Waals surface area (Å²) in [5, 5.41) is 2.08. The highest BCUT2D eigenvalue weighted by Crippen LogP contribution is 2.28. The molecule has 2 rings (SSSR count). The Morgan fingerprint density at radius 2 is 1.88 bits per heavy atom. The summed E-state index contributed by atoms with van der Waals surface area (Å²) in [7, 11) is 0. The molecule has 1 heterocycles. The fourth-order valence-electron chi connectivity index (χ4n) is 1.62. The van der Waals surface area contributed by atoms with E-state index < -0.39 is 0 Å². The standard InChI is InChI=1S/C12H12Br2N2S/c13-9-3-1-8(2-4-9)11(16-15)7-12-10(14)5-6-17-12/h1-6,11,16H,7,15H2. The van der Waals surface area contributed by atoms with Crippen molar-refractivity contribution in [1.29, 1.82) is 0 Å². The summed E-state index contributed by atoms with van der Waals surface area (Å²) >= 11 is 8.71. The summed E-state index contributed by atoms with van der Waals surface area (Å²) in [6, 6.07) is 10.4. The Hall–Kier alpha value is -0.200. The molecule has 0 aliphatic rings. The summed E-state index contributed by atoms with van der Waals surface area (Å²) in [6.07, 6.45) is 0.885. The number of rotatable bonds is 4. The van der Waals surface area contributed by atoms with Gasteiger partial charge in [-0.2, -0.15) is 0 Å². The highest BCUT2D eigenvalue weighted by molar-refractivity contribution is 9.10. The molecule has 2 aromatic rings. The largest absolute Gasteiger partial charge is 0.271 e. The number of nitrogens with two attached hydrogens (primary N) is 1. The van der Waals surface area contributed by atoms with E-state index in [2.05, 4.69) is 60.9 Å². The summed E-state index contributed by atoms with van der Waals surface area (Å²) in [6.45, 7) is 0. The van der Waals surface area contributed by atoms with Gasteiger partial charge >= 0.3 is 0 Å². The molecule has 0 saturated carbocycles. The SMILES string of the molecule is NNC(Cc1sccc1Br)c1ccc(Br)cc1. The van der Waals surface area contributed by atoms with Crippen LogP contribution in [0.3, 0.4) is 0 Å². The van der Waals surface area contributed by atoms with Crippen LogP contribution in [0.25, 0.3) is 0 Å². The van der Waals surface area contributed by atoms with Gasteiger partial charge in [0.2, 0.25) is 0 Å². The molecule has 1 unspecified atom stereocenters. The number of benzene rings is 1. The maximum absolute atomic E-state index is 5.64. The molecule has 1 atom stereocenters. The van der Waals surface area contributed by atoms with Gasteiger partial charge in [0.1, 0.15) is 0 Å². The Morgan fingerprint density at radius 3 is 2.41 bits per heavy atom. The summed E-state index contributed by atoms with van der Waals surface area (Å²) in [5.41, 5.74) is 4.06. The van der Waals surface area contributed by atoms with Gasteiger partial charge < -0.3 is 0 Å². The van der Waals surface area contributed by atoms with Crippen LogP contribution >= 0.6 is 43.2 Å². The van der Waals surface area contributed by atoms with Crippen LogP contribution in [-0.4, -0.2) is 0 Å². The molecule has 17 heavy (non-hydrogen) atoms. The quantitative estimate of drug-likeness (QED) is 0.625. The van der Waals surface area contributed by atoms with Crippen molar-refractivity contribution < 1.29 is 0 Å². The van der Waals surface area contributed by atoms with Crippen molar-refractivity contribution >= 4 is 43.2 Å². The third-order valence-electron chi connectivity index (χ3n) is 2.55. The molecule has 3 N–H and O–H groups in total. The van der Waals surface area contributed by atoms with Gasteiger partial charge in [-0.05, 0) is 45.1 Å². The first-order chi connectivity index (χ1) is 8.20. The van der Waals surface area contributed by atoms with Crippen molar-refractivity contribution in [3.63, 3.8) is 0 Å². The lowest BCUT2D eigenvalue weighted by molar-refractivity contribution is 0.555. The topological polar surface area (TPSA) is 38.0 Å². The molecule has 0 bridgehead atoms. The lowest BCUT2D eigenvalue weighted by Gasteiger charge is -2.15. The maximum Gasteiger partial charge on any atom is 0.0508 e. The van der Waals surface area contributed by atoms with Gasteiger partial charge in [-0.15, -0.1) is 11.3 Å². The molecule has 0 amide bonds. The van der Waals surface area contributed by atoms with Crippen LogP contribution in [0.1, 0.15) is 16.5 Å². The zero-order valence-electron chi connectivity index (χ0n) is 8.99. The van der Waals surface area contributed by atoms with E-state index in [9.17, 15) is 0 Å². The second-order valence-electron chi connectivity index (χ2n) is 3.67. The van der Waals surface area contributed by atoms with Crippen LogP contribution in [-0.2, 0) is 6.42 Å². The summed E-state index contributed by atoms with van der Waals surface area (Å²) < 4.78 is 2.23. The number of nitrogens with one attached hydrogen (secondary N) is 1. The minimum absolute atomic E-state index is 0.137. The minimum atomic E-state index is 0.137. The van der Waals surface area contributed by atoms with E-state index in [0.29, 0.717) is 0 Å². The number of hydrogen-bond acceptors (Lipinski definition) is 3. The van der Waals surface area contributed by atoms with Crippen LogP contribution in [0.5, 0.6) is 0 Å². The second-order valence-corrected chi connectivity index (χ2v) is 6.44. The fraction of sp³-hybridized carbons (Fsp3) is 0.167. The zero-order chi connectivity index (χ0) is 12.3. The van der Waals surface area contributed by atoms with E-state index in [1.54, 1.807) is 11.3 Å². The molecule has 0 fully saturated rings. The van der Waals surface area contributed by atoms with Crippen LogP contribution < -0.4 is 11.3 Å². The van der Waals surface area contributed by atoms with Crippen molar-refractivity contribution in [2.45, 2.75) is 12.5 Å². The van der Waals surface area contributed by atoms with E-state index in [0.717, 1.165) is 15.4 Å². The molecule has 1 aromatic carbocycles. The van der Waals surface area contributed by atoms with E-state index >= 15 is 0 Å². The van der Waals surface area contributed by atoms with Crippen LogP contribution in [0.4, 0.5) is 0 Å². The van der Waals surface area contributed by atoms with Crippen molar-refractivity contribution in [3.05, 3.63) is 55.1 Å². The lowest BCUT2D eigenvalue weighted by atomic mass is 10.0. The van der Waals surface area contributed by atoms with Gasteiger partial charge in [-0.3, -0.25) is 11.3 Å². The Kier molecular flexibility index (Phi) is 4.76. The van der Waals surface area contributed by atoms with Crippen molar-refractivity contribution in [2.75, 3.05) is 0 Å². The molecule has 0 spiro atoms. The predicted octanol–water partition coefficient (Wildman–Crippen LogP) is 4.02. The lowest BCUT2D eigenvalue weighted by Crippen LogP contribution is -2.29. The third-order valence-corrected chi connectivity index (χ3v) is 5.03. The first-order valence-corrected chi connectivity index (χ1v) is 7.60. The van der Waals surface area contributed by atoms with E-state index in [1.807, 2.05) is 12.1 Å². The Balaban J connectivity index is 2.17. The maximum atomic E-state index is 5.64. The van der Waals surface area contributed by atoms with Gasteiger partial charge in [0.05, 0.1) is 6.04 Å².